The Morgan fingerprint density at radius 2 is 2.17 bits per heavy atom. The van der Waals surface area contributed by atoms with Crippen LogP contribution in [0.3, 0.4) is 0 Å². The molecule has 1 aromatic heterocycles. The molecule has 0 aromatic carbocycles. The van der Waals surface area contributed by atoms with Gasteiger partial charge in [0.2, 0.25) is 0 Å². The monoisotopic (exact) mass is 165 g/mol. The molecule has 0 unspecified atom stereocenters. The van der Waals surface area contributed by atoms with Crippen LogP contribution in [-0.4, -0.2) is 12.0 Å². The molecule has 0 saturated heterocycles. The van der Waals surface area contributed by atoms with Crippen molar-refractivity contribution in [3.63, 3.8) is 0 Å². The maximum Gasteiger partial charge on any atom is 0.126 e. The summed E-state index contributed by atoms with van der Waals surface area (Å²) in [5, 5.41) is 3.03. The van der Waals surface area contributed by atoms with Crippen LogP contribution in [0.15, 0.2) is 12.3 Å². The molecule has 0 spiro atoms. The van der Waals surface area contributed by atoms with Gasteiger partial charge >= 0.3 is 0 Å². The average Bonchev–Trinajstić information content (AvgIpc) is 2.05. The number of nitrogens with two attached hydrogens (primary N) is 1. The van der Waals surface area contributed by atoms with Crippen molar-refractivity contribution in [2.24, 2.45) is 0 Å². The van der Waals surface area contributed by atoms with Crippen molar-refractivity contribution in [3.05, 3.63) is 17.8 Å². The fourth-order valence-electron chi connectivity index (χ4n) is 1.09. The van der Waals surface area contributed by atoms with E-state index in [1.165, 1.54) is 0 Å². The highest BCUT2D eigenvalue weighted by atomic mass is 14.9. The smallest absolute Gasteiger partial charge is 0.126 e. The minimum atomic E-state index is 0.422. The molecule has 0 fully saturated rings. The number of hydrogen-bond donors (Lipinski definition) is 2. The van der Waals surface area contributed by atoms with E-state index >= 15 is 0 Å². The van der Waals surface area contributed by atoms with E-state index in [4.69, 9.17) is 5.73 Å². The predicted octanol–water partition coefficient (Wildman–Crippen LogP) is 1.83. The Labute approximate surface area is 73.0 Å². The minimum absolute atomic E-state index is 0.422. The first kappa shape index (κ1) is 8.84. The third-order valence-electron chi connectivity index (χ3n) is 1.86. The van der Waals surface area contributed by atoms with Gasteiger partial charge in [0.1, 0.15) is 5.82 Å². The zero-order chi connectivity index (χ0) is 9.14. The second-order valence-corrected chi connectivity index (χ2v) is 3.10. The van der Waals surface area contributed by atoms with Gasteiger partial charge in [-0.25, -0.2) is 4.98 Å². The summed E-state index contributed by atoms with van der Waals surface area (Å²) in [5.41, 5.74) is 7.81. The standard InChI is InChI=1S/C9H15N3/c1-6(2)8-4-7(11-3)5-12-9(8)10/h4-6,11H,1-3H3,(H2,10,12). The van der Waals surface area contributed by atoms with Crippen molar-refractivity contribution in [1.29, 1.82) is 0 Å². The van der Waals surface area contributed by atoms with Crippen LogP contribution in [0.5, 0.6) is 0 Å². The first-order valence-electron chi connectivity index (χ1n) is 4.08. The lowest BCUT2D eigenvalue weighted by Gasteiger charge is -2.09. The van der Waals surface area contributed by atoms with Crippen LogP contribution in [-0.2, 0) is 0 Å². The summed E-state index contributed by atoms with van der Waals surface area (Å²) in [6.45, 7) is 4.21. The molecular weight excluding hydrogens is 150 g/mol. The number of nitrogens with zero attached hydrogens (tertiary/aromatic N) is 1. The van der Waals surface area contributed by atoms with Gasteiger partial charge in [0, 0.05) is 7.05 Å². The molecule has 0 aliphatic carbocycles. The zero-order valence-corrected chi connectivity index (χ0v) is 7.76. The maximum absolute atomic E-state index is 5.71. The molecule has 3 heteroatoms. The number of nitrogen functional groups attached to an aromatic ring is 1. The SMILES string of the molecule is CNc1cnc(N)c(C(C)C)c1. The largest absolute Gasteiger partial charge is 0.387 e. The number of hydrogen-bond acceptors (Lipinski definition) is 3. The first-order valence-corrected chi connectivity index (χ1v) is 4.08. The molecule has 0 amide bonds. The molecule has 66 valence electrons. The van der Waals surface area contributed by atoms with E-state index in [0.717, 1.165) is 11.3 Å². The molecule has 3 nitrogen and oxygen atoms in total. The Hall–Kier alpha value is -1.25. The molecule has 1 heterocycles. The van der Waals surface area contributed by atoms with Crippen molar-refractivity contribution >= 4 is 11.5 Å². The van der Waals surface area contributed by atoms with E-state index in [1.807, 2.05) is 13.1 Å². The van der Waals surface area contributed by atoms with E-state index in [-0.39, 0.29) is 0 Å². The van der Waals surface area contributed by atoms with Crippen LogP contribution in [0.4, 0.5) is 11.5 Å². The number of aromatic nitrogens is 1. The Balaban J connectivity index is 3.08. The van der Waals surface area contributed by atoms with Crippen molar-refractivity contribution in [1.82, 2.24) is 4.98 Å². The number of anilines is 2. The van der Waals surface area contributed by atoms with Crippen LogP contribution in [0.25, 0.3) is 0 Å². The third-order valence-corrected chi connectivity index (χ3v) is 1.86. The number of pyridine rings is 1. The lowest BCUT2D eigenvalue weighted by atomic mass is 10.0. The normalized spacial score (nSPS) is 10.3. The molecule has 12 heavy (non-hydrogen) atoms. The zero-order valence-electron chi connectivity index (χ0n) is 7.76. The fourth-order valence-corrected chi connectivity index (χ4v) is 1.09. The van der Waals surface area contributed by atoms with Gasteiger partial charge in [0.25, 0.3) is 0 Å². The average molecular weight is 165 g/mol. The molecule has 3 N–H and O–H groups in total. The van der Waals surface area contributed by atoms with Crippen LogP contribution in [0.1, 0.15) is 25.3 Å². The van der Waals surface area contributed by atoms with E-state index in [2.05, 4.69) is 24.1 Å². The summed E-state index contributed by atoms with van der Waals surface area (Å²) < 4.78 is 0. The van der Waals surface area contributed by atoms with Crippen LogP contribution < -0.4 is 11.1 Å². The molecule has 0 atom stereocenters. The lowest BCUT2D eigenvalue weighted by molar-refractivity contribution is 0.863. The first-order chi connectivity index (χ1) is 5.65. The second-order valence-electron chi connectivity index (χ2n) is 3.10. The van der Waals surface area contributed by atoms with Gasteiger partial charge in [-0.3, -0.25) is 0 Å². The van der Waals surface area contributed by atoms with Gasteiger partial charge in [0.15, 0.2) is 0 Å². The summed E-state index contributed by atoms with van der Waals surface area (Å²) in [6, 6.07) is 2.03. The number of nitrogens with one attached hydrogen (secondary N) is 1. The Morgan fingerprint density at radius 1 is 1.50 bits per heavy atom. The van der Waals surface area contributed by atoms with Crippen molar-refractivity contribution < 1.29 is 0 Å². The summed E-state index contributed by atoms with van der Waals surface area (Å²) in [4.78, 5) is 4.09. The predicted molar refractivity (Wildman–Crippen MR) is 52.3 cm³/mol. The van der Waals surface area contributed by atoms with Gasteiger partial charge in [-0.2, -0.15) is 0 Å². The van der Waals surface area contributed by atoms with E-state index in [9.17, 15) is 0 Å². The number of rotatable bonds is 2. The molecule has 0 aliphatic rings. The van der Waals surface area contributed by atoms with Gasteiger partial charge < -0.3 is 11.1 Å². The highest BCUT2D eigenvalue weighted by Gasteiger charge is 2.05. The third kappa shape index (κ3) is 1.67. The molecule has 0 bridgehead atoms. The minimum Gasteiger partial charge on any atom is -0.387 e. The van der Waals surface area contributed by atoms with Gasteiger partial charge in [-0.1, -0.05) is 13.8 Å². The van der Waals surface area contributed by atoms with Crippen molar-refractivity contribution in [2.45, 2.75) is 19.8 Å². The summed E-state index contributed by atoms with van der Waals surface area (Å²) >= 11 is 0. The van der Waals surface area contributed by atoms with E-state index in [1.54, 1.807) is 6.20 Å². The molecule has 0 radical (unpaired) electrons. The Morgan fingerprint density at radius 3 is 2.67 bits per heavy atom. The van der Waals surface area contributed by atoms with Crippen LogP contribution in [0.2, 0.25) is 0 Å². The molecule has 1 rings (SSSR count). The van der Waals surface area contributed by atoms with Crippen molar-refractivity contribution in [3.8, 4) is 0 Å². The van der Waals surface area contributed by atoms with Crippen LogP contribution >= 0.6 is 0 Å². The topological polar surface area (TPSA) is 50.9 Å². The van der Waals surface area contributed by atoms with Crippen LogP contribution in [0, 0.1) is 0 Å². The van der Waals surface area contributed by atoms with E-state index in [0.29, 0.717) is 11.7 Å². The second kappa shape index (κ2) is 3.43. The van der Waals surface area contributed by atoms with Crippen molar-refractivity contribution in [2.75, 3.05) is 18.1 Å². The molecule has 0 aliphatic heterocycles. The Bertz CT molecular complexity index is 268. The van der Waals surface area contributed by atoms with Gasteiger partial charge in [-0.05, 0) is 17.5 Å². The quantitative estimate of drug-likeness (QED) is 0.703. The highest BCUT2D eigenvalue weighted by molar-refractivity contribution is 5.52. The molecular formula is C9H15N3. The van der Waals surface area contributed by atoms with E-state index < -0.39 is 0 Å². The highest BCUT2D eigenvalue weighted by Crippen LogP contribution is 2.22. The summed E-state index contributed by atoms with van der Waals surface area (Å²) in [6.07, 6.45) is 1.74. The molecule has 0 saturated carbocycles. The maximum atomic E-state index is 5.71. The lowest BCUT2D eigenvalue weighted by Crippen LogP contribution is -2.01. The van der Waals surface area contributed by atoms with Gasteiger partial charge in [-0.15, -0.1) is 0 Å². The fraction of sp³-hybridized carbons (Fsp3) is 0.444. The van der Waals surface area contributed by atoms with Gasteiger partial charge in [0.05, 0.1) is 11.9 Å². The summed E-state index contributed by atoms with van der Waals surface area (Å²) in [5.74, 6) is 1.05. The molecule has 1 aromatic rings. The Kier molecular flexibility index (Phi) is 2.53. The summed E-state index contributed by atoms with van der Waals surface area (Å²) in [7, 11) is 1.87.